The average molecular weight is 449 g/mol. The lowest BCUT2D eigenvalue weighted by Gasteiger charge is -2.06. The maximum absolute atomic E-state index is 13.3. The van der Waals surface area contributed by atoms with Crippen LogP contribution in [0.25, 0.3) is 0 Å². The fourth-order valence-electron chi connectivity index (χ4n) is 1.98. The van der Waals surface area contributed by atoms with E-state index in [-0.39, 0.29) is 21.8 Å². The monoisotopic (exact) mass is 448 g/mol. The van der Waals surface area contributed by atoms with Crippen LogP contribution in [0.15, 0.2) is 32.3 Å². The first-order valence-electron chi connectivity index (χ1n) is 7.52. The first kappa shape index (κ1) is 20.3. The second-order valence-corrected chi connectivity index (χ2v) is 8.75. The third-order valence-electron chi connectivity index (χ3n) is 3.22. The minimum atomic E-state index is -2.49. The molecule has 0 fully saturated rings. The summed E-state index contributed by atoms with van der Waals surface area (Å²) in [7, 11) is -2.49. The van der Waals surface area contributed by atoms with E-state index in [1.165, 1.54) is 24.5 Å². The Hall–Kier alpha value is -2.05. The van der Waals surface area contributed by atoms with Crippen LogP contribution in [-0.2, 0) is 9.73 Å². The van der Waals surface area contributed by atoms with Gasteiger partial charge in [-0.3, -0.25) is 19.7 Å². The molecule has 1 heterocycles. The van der Waals surface area contributed by atoms with Crippen LogP contribution in [0.2, 0.25) is 0 Å². The topological polar surface area (TPSA) is 136 Å². The highest BCUT2D eigenvalue weighted by atomic mass is 79.9. The van der Waals surface area contributed by atoms with Crippen molar-refractivity contribution in [2.75, 3.05) is 23.9 Å². The molecule has 0 bridgehead atoms. The third-order valence-corrected chi connectivity index (χ3v) is 4.89. The third kappa shape index (κ3) is 6.04. The molecule has 0 saturated heterocycles. The summed E-state index contributed by atoms with van der Waals surface area (Å²) in [6.07, 6.45) is 2.69. The molecule has 2 aromatic rings. The molecule has 0 amide bonds. The van der Waals surface area contributed by atoms with E-state index in [4.69, 9.17) is 4.78 Å². The molecular weight excluding hydrogens is 431 g/mol. The molecule has 0 aliphatic heterocycles. The van der Waals surface area contributed by atoms with Crippen LogP contribution in [0.1, 0.15) is 18.5 Å². The zero-order valence-electron chi connectivity index (χ0n) is 13.8. The molecule has 1 aromatic carbocycles. The molecule has 1 aromatic heterocycles. The van der Waals surface area contributed by atoms with Crippen molar-refractivity contribution in [3.05, 3.63) is 34.2 Å². The van der Waals surface area contributed by atoms with Gasteiger partial charge in [0.15, 0.2) is 11.5 Å². The Labute approximate surface area is 158 Å². The van der Waals surface area contributed by atoms with Gasteiger partial charge < -0.3 is 5.32 Å². The molecule has 4 N–H and O–H groups in total. The largest absolute Gasteiger partial charge is 0.365 e. The van der Waals surface area contributed by atoms with Crippen LogP contribution >= 0.6 is 15.9 Å². The Bertz CT molecular complexity index is 887. The van der Waals surface area contributed by atoms with Gasteiger partial charge in [0.05, 0.1) is 10.2 Å². The lowest BCUT2D eigenvalue weighted by atomic mass is 10.3. The van der Waals surface area contributed by atoms with Gasteiger partial charge in [-0.05, 0) is 57.3 Å². The minimum Gasteiger partial charge on any atom is -0.365 e. The lowest BCUT2D eigenvalue weighted by Crippen LogP contribution is -2.22. The summed E-state index contributed by atoms with van der Waals surface area (Å²) in [4.78, 5) is 4.15. The molecule has 142 valence electrons. The number of nitrogens with zero attached hydrogens (tertiary/aromatic N) is 3. The maximum atomic E-state index is 13.3. The van der Waals surface area contributed by atoms with Crippen molar-refractivity contribution in [2.45, 2.75) is 12.8 Å². The van der Waals surface area contributed by atoms with Crippen LogP contribution in [0, 0.1) is 10.6 Å². The van der Waals surface area contributed by atoms with Gasteiger partial charge in [-0.2, -0.15) is 0 Å². The summed E-state index contributed by atoms with van der Waals surface area (Å²) < 4.78 is 36.9. The second-order valence-electron chi connectivity index (χ2n) is 5.48. The number of aromatic nitrogens is 2. The number of rotatable bonds is 8. The molecule has 1 unspecified atom stereocenters. The van der Waals surface area contributed by atoms with Gasteiger partial charge in [0.25, 0.3) is 0 Å². The van der Waals surface area contributed by atoms with Gasteiger partial charge in [0.2, 0.25) is 5.82 Å². The highest BCUT2D eigenvalue weighted by molar-refractivity contribution is 9.10. The van der Waals surface area contributed by atoms with Crippen LogP contribution < -0.4 is 10.8 Å². The SMILES string of the molecule is CS(=N)(=O)CCCCNc1nonc1C(=Nc1ccc(F)c(Br)c1)NO. The molecule has 12 heteroatoms. The van der Waals surface area contributed by atoms with E-state index in [2.05, 4.69) is 41.2 Å². The summed E-state index contributed by atoms with van der Waals surface area (Å²) in [5, 5.41) is 19.7. The normalized spacial score (nSPS) is 14.1. The molecule has 0 spiro atoms. The molecule has 9 nitrogen and oxygen atoms in total. The minimum absolute atomic E-state index is 0.0324. The van der Waals surface area contributed by atoms with Crippen LogP contribution in [0.5, 0.6) is 0 Å². The zero-order valence-corrected chi connectivity index (χ0v) is 16.2. The smallest absolute Gasteiger partial charge is 0.202 e. The first-order chi connectivity index (χ1) is 12.3. The Balaban J connectivity index is 2.06. The Morgan fingerprint density at radius 1 is 1.46 bits per heavy atom. The number of hydrogen-bond acceptors (Lipinski definition) is 8. The molecule has 0 saturated carbocycles. The van der Waals surface area contributed by atoms with Crippen molar-refractivity contribution in [2.24, 2.45) is 4.99 Å². The van der Waals surface area contributed by atoms with Crippen molar-refractivity contribution in [3.8, 4) is 0 Å². The molecule has 2 rings (SSSR count). The molecule has 1 atom stereocenters. The number of hydroxylamine groups is 1. The van der Waals surface area contributed by atoms with E-state index in [0.29, 0.717) is 30.8 Å². The highest BCUT2D eigenvalue weighted by Crippen LogP contribution is 2.23. The van der Waals surface area contributed by atoms with E-state index in [1.807, 2.05) is 5.48 Å². The van der Waals surface area contributed by atoms with Crippen molar-refractivity contribution >= 4 is 43.0 Å². The van der Waals surface area contributed by atoms with Gasteiger partial charge in [-0.25, -0.2) is 14.0 Å². The van der Waals surface area contributed by atoms with Crippen LogP contribution in [-0.4, -0.2) is 44.1 Å². The van der Waals surface area contributed by atoms with Crippen LogP contribution in [0.3, 0.4) is 0 Å². The molecule has 0 radical (unpaired) electrons. The van der Waals surface area contributed by atoms with E-state index in [1.54, 1.807) is 0 Å². The average Bonchev–Trinajstić information content (AvgIpc) is 3.03. The van der Waals surface area contributed by atoms with E-state index in [0.717, 1.165) is 0 Å². The number of halogens is 2. The fourth-order valence-corrected chi connectivity index (χ4v) is 3.11. The predicted octanol–water partition coefficient (Wildman–Crippen LogP) is 2.90. The van der Waals surface area contributed by atoms with Crippen molar-refractivity contribution in [3.63, 3.8) is 0 Å². The number of hydrogen-bond donors (Lipinski definition) is 4. The standard InChI is InChI=1S/C14H18BrFN6O3S/c1-26(17,24)7-3-2-6-18-13-12(21-25-22-13)14(20-23)19-9-4-5-11(16)10(15)8-9/h4-5,8,17,23H,2-3,6-7H2,1H3,(H,18,22)(H,19,20). The Kier molecular flexibility index (Phi) is 7.06. The number of aliphatic imine (C=N–C) groups is 1. The molecule has 0 aliphatic carbocycles. The molecule has 26 heavy (non-hydrogen) atoms. The van der Waals surface area contributed by atoms with Crippen molar-refractivity contribution in [1.29, 1.82) is 4.78 Å². The number of unbranched alkanes of at least 4 members (excludes halogenated alkanes) is 1. The highest BCUT2D eigenvalue weighted by Gasteiger charge is 2.16. The van der Waals surface area contributed by atoms with Gasteiger partial charge in [0, 0.05) is 28.3 Å². The van der Waals surface area contributed by atoms with Gasteiger partial charge in [-0.1, -0.05) is 0 Å². The maximum Gasteiger partial charge on any atom is 0.202 e. The van der Waals surface area contributed by atoms with E-state index in [9.17, 15) is 13.8 Å². The summed E-state index contributed by atoms with van der Waals surface area (Å²) in [5.74, 6) is 0.115. The Morgan fingerprint density at radius 3 is 2.88 bits per heavy atom. The summed E-state index contributed by atoms with van der Waals surface area (Å²) >= 11 is 3.06. The van der Waals surface area contributed by atoms with Gasteiger partial charge in [-0.15, -0.1) is 0 Å². The zero-order chi connectivity index (χ0) is 19.2. The number of nitrogens with one attached hydrogen (secondary N) is 3. The van der Waals surface area contributed by atoms with Crippen LogP contribution in [0.4, 0.5) is 15.9 Å². The number of anilines is 1. The fraction of sp³-hybridized carbons (Fsp3) is 0.357. The van der Waals surface area contributed by atoms with Gasteiger partial charge in [0.1, 0.15) is 5.82 Å². The molecular formula is C14H18BrFN6O3S. The lowest BCUT2D eigenvalue weighted by molar-refractivity contribution is 0.234. The summed E-state index contributed by atoms with van der Waals surface area (Å²) in [6, 6.07) is 4.10. The second kappa shape index (κ2) is 9.05. The van der Waals surface area contributed by atoms with Crippen molar-refractivity contribution in [1.82, 2.24) is 15.8 Å². The number of benzene rings is 1. The molecule has 0 aliphatic rings. The van der Waals surface area contributed by atoms with E-state index >= 15 is 0 Å². The predicted molar refractivity (Wildman–Crippen MR) is 98.9 cm³/mol. The summed E-state index contributed by atoms with van der Waals surface area (Å²) in [6.45, 7) is 0.484. The quantitative estimate of drug-likeness (QED) is 0.211. The summed E-state index contributed by atoms with van der Waals surface area (Å²) in [5.41, 5.74) is 2.44. The first-order valence-corrected chi connectivity index (χ1v) is 10.4. The van der Waals surface area contributed by atoms with E-state index < -0.39 is 15.5 Å². The Morgan fingerprint density at radius 2 is 2.23 bits per heavy atom. The van der Waals surface area contributed by atoms with Crippen molar-refractivity contribution < 1.29 is 18.4 Å². The van der Waals surface area contributed by atoms with Gasteiger partial charge >= 0.3 is 0 Å². The number of amidine groups is 1.